The van der Waals surface area contributed by atoms with E-state index >= 15 is 0 Å². The summed E-state index contributed by atoms with van der Waals surface area (Å²) in [5, 5.41) is 17.2. The van der Waals surface area contributed by atoms with Crippen molar-refractivity contribution in [2.45, 2.75) is 33.1 Å². The maximum absolute atomic E-state index is 10.5. The summed E-state index contributed by atoms with van der Waals surface area (Å²) >= 11 is 0. The van der Waals surface area contributed by atoms with E-state index in [1.165, 1.54) is 0 Å². The van der Waals surface area contributed by atoms with E-state index in [1.54, 1.807) is 0 Å². The maximum Gasteiger partial charge on any atom is 2.00 e. The van der Waals surface area contributed by atoms with Gasteiger partial charge in [-0.05, 0) is 12.3 Å². The first kappa shape index (κ1) is 16.9. The number of carboxylic acids is 2. The average molecular weight is 328 g/mol. The molecule has 1 atom stereocenters. The average Bonchev–Trinajstić information content (AvgIpc) is 1.99. The fourth-order valence-corrected chi connectivity index (χ4v) is 1.32. The zero-order chi connectivity index (χ0) is 10.4. The number of hydrogen-bond acceptors (Lipinski definition) is 2. The molecule has 0 spiro atoms. The van der Waals surface area contributed by atoms with Crippen LogP contribution >= 0.6 is 0 Å². The van der Waals surface area contributed by atoms with Gasteiger partial charge in [0, 0.05) is 0 Å². The molecule has 5 heteroatoms. The molecule has 0 bridgehead atoms. The summed E-state index contributed by atoms with van der Waals surface area (Å²) in [5.74, 6) is -3.57. The molecule has 0 saturated heterocycles. The van der Waals surface area contributed by atoms with Crippen molar-refractivity contribution in [3.05, 3.63) is 0 Å². The van der Waals surface area contributed by atoms with E-state index in [0.29, 0.717) is 0 Å². The zero-order valence-electron chi connectivity index (χ0n) is 10.7. The van der Waals surface area contributed by atoms with Gasteiger partial charge in [0.05, 0.1) is 0 Å². The van der Waals surface area contributed by atoms with Crippen molar-refractivity contribution in [3.63, 3.8) is 0 Å². The van der Waals surface area contributed by atoms with Crippen LogP contribution in [-0.2, 0) is 9.59 Å². The van der Waals surface area contributed by atoms with E-state index in [9.17, 15) is 9.59 Å². The number of carboxylic acid groups (broad SMARTS) is 2. The van der Waals surface area contributed by atoms with Gasteiger partial charge in [-0.25, -0.2) is 0 Å². The van der Waals surface area contributed by atoms with E-state index in [0.717, 1.165) is 12.8 Å². The second-order valence-electron chi connectivity index (χ2n) is 3.36. The van der Waals surface area contributed by atoms with E-state index < -0.39 is 17.9 Å². The molecule has 0 radical (unpaired) electrons. The molecule has 1 unspecified atom stereocenters. The number of rotatable bonds is 6. The predicted molar refractivity (Wildman–Crippen MR) is 55.4 cm³/mol. The van der Waals surface area contributed by atoms with Crippen LogP contribution < -0.4 is 0 Å². The van der Waals surface area contributed by atoms with Crippen LogP contribution in [0.15, 0.2) is 0 Å². The first-order valence-electron chi connectivity index (χ1n) is 4.44. The molecule has 0 heterocycles. The van der Waals surface area contributed by atoms with Gasteiger partial charge in [0.2, 0.25) is 0 Å². The van der Waals surface area contributed by atoms with Crippen LogP contribution in [0, 0.1) is 11.8 Å². The molecule has 2 N–H and O–H groups in total. The number of hydrogen-bond donors (Lipinski definition) is 2. The molecule has 0 rings (SSSR count). The van der Waals surface area contributed by atoms with Gasteiger partial charge in [0.25, 0.3) is 0 Å². The normalized spacial score (nSPS) is 11.9. The van der Waals surface area contributed by atoms with Crippen molar-refractivity contribution in [3.8, 4) is 0 Å². The molecule has 0 amide bonds. The van der Waals surface area contributed by atoms with Crippen LogP contribution in [0.1, 0.15) is 36.0 Å². The standard InChI is InChI=1S/C9H16O4.Ba.2H/c1-3-4-6(2)5-7(8(10)11)9(12)13;;;/h6-7H,3-5H2,1-2H3,(H,10,11)(H,12,13);;;/q;+2;2*-1. The summed E-state index contributed by atoms with van der Waals surface area (Å²) in [5.41, 5.74) is 0. The van der Waals surface area contributed by atoms with Crippen molar-refractivity contribution in [2.24, 2.45) is 11.8 Å². The molecule has 80 valence electrons. The van der Waals surface area contributed by atoms with Crippen LogP contribution in [-0.4, -0.2) is 71.0 Å². The van der Waals surface area contributed by atoms with Crippen LogP contribution in [0.5, 0.6) is 0 Å². The Balaban J connectivity index is -0.000000240. The Morgan fingerprint density at radius 2 is 1.71 bits per heavy atom. The number of aliphatic carboxylic acids is 2. The molecule has 0 aromatic carbocycles. The molecule has 0 saturated carbocycles. The Morgan fingerprint density at radius 3 is 2.00 bits per heavy atom. The minimum atomic E-state index is -1.25. The third kappa shape index (κ3) is 6.89. The second-order valence-corrected chi connectivity index (χ2v) is 3.36. The molecule has 0 aliphatic heterocycles. The largest absolute Gasteiger partial charge is 2.00 e. The topological polar surface area (TPSA) is 74.6 Å². The second kappa shape index (κ2) is 8.79. The fourth-order valence-electron chi connectivity index (χ4n) is 1.32. The molecule has 0 aromatic heterocycles. The van der Waals surface area contributed by atoms with Crippen molar-refractivity contribution >= 4 is 60.8 Å². The summed E-state index contributed by atoms with van der Waals surface area (Å²) in [4.78, 5) is 21.0. The Hall–Kier alpha value is 0.511. The van der Waals surface area contributed by atoms with Gasteiger partial charge in [-0.2, -0.15) is 0 Å². The van der Waals surface area contributed by atoms with E-state index in [-0.39, 0.29) is 64.1 Å². The summed E-state index contributed by atoms with van der Waals surface area (Å²) in [6.07, 6.45) is 2.04. The maximum atomic E-state index is 10.5. The van der Waals surface area contributed by atoms with Gasteiger partial charge in [0.1, 0.15) is 0 Å². The Labute approximate surface area is 127 Å². The van der Waals surface area contributed by atoms with E-state index in [4.69, 9.17) is 10.2 Å². The molecular formula is C9H18BaO4. The minimum Gasteiger partial charge on any atom is -1.00 e. The number of carbonyl (C=O) groups is 2. The van der Waals surface area contributed by atoms with Crippen LogP contribution in [0.25, 0.3) is 0 Å². The zero-order valence-corrected chi connectivity index (χ0v) is 13.1. The van der Waals surface area contributed by atoms with E-state index in [1.807, 2.05) is 13.8 Å². The molecular weight excluding hydrogens is 309 g/mol. The Kier molecular flexibility index (Phi) is 10.6. The van der Waals surface area contributed by atoms with Crippen molar-refractivity contribution in [1.82, 2.24) is 0 Å². The minimum absolute atomic E-state index is 0. The van der Waals surface area contributed by atoms with Gasteiger partial charge in [-0.3, -0.25) is 9.59 Å². The molecule has 0 aliphatic carbocycles. The first-order valence-corrected chi connectivity index (χ1v) is 4.44. The van der Waals surface area contributed by atoms with Gasteiger partial charge in [0.15, 0.2) is 5.92 Å². The third-order valence-electron chi connectivity index (χ3n) is 2.02. The summed E-state index contributed by atoms with van der Waals surface area (Å²) < 4.78 is 0. The van der Waals surface area contributed by atoms with Crippen molar-refractivity contribution in [2.75, 3.05) is 0 Å². The SMILES string of the molecule is CCCC(C)CC(C(=O)O)C(=O)O.[Ba+2].[H-].[H-]. The molecule has 0 aromatic rings. The fraction of sp³-hybridized carbons (Fsp3) is 0.778. The molecule has 14 heavy (non-hydrogen) atoms. The van der Waals surface area contributed by atoms with E-state index in [2.05, 4.69) is 0 Å². The van der Waals surface area contributed by atoms with Gasteiger partial charge >= 0.3 is 60.8 Å². The van der Waals surface area contributed by atoms with Gasteiger partial charge in [-0.1, -0.05) is 26.7 Å². The third-order valence-corrected chi connectivity index (χ3v) is 2.02. The van der Waals surface area contributed by atoms with Gasteiger partial charge in [-0.15, -0.1) is 0 Å². The quantitative estimate of drug-likeness (QED) is 0.572. The van der Waals surface area contributed by atoms with Crippen molar-refractivity contribution in [1.29, 1.82) is 0 Å². The first-order chi connectivity index (χ1) is 5.99. The molecule has 4 nitrogen and oxygen atoms in total. The van der Waals surface area contributed by atoms with Crippen LogP contribution in [0.4, 0.5) is 0 Å². The summed E-state index contributed by atoms with van der Waals surface area (Å²) in [7, 11) is 0. The molecule has 0 aliphatic rings. The van der Waals surface area contributed by atoms with Crippen LogP contribution in [0.2, 0.25) is 0 Å². The van der Waals surface area contributed by atoms with Crippen LogP contribution in [0.3, 0.4) is 0 Å². The summed E-state index contributed by atoms with van der Waals surface area (Å²) in [6, 6.07) is 0. The van der Waals surface area contributed by atoms with Crippen molar-refractivity contribution < 1.29 is 22.7 Å². The smallest absolute Gasteiger partial charge is 1.00 e. The monoisotopic (exact) mass is 328 g/mol. The summed E-state index contributed by atoms with van der Waals surface area (Å²) in [6.45, 7) is 3.87. The molecule has 0 fully saturated rings. The predicted octanol–water partition coefficient (Wildman–Crippen LogP) is 1.44. The Morgan fingerprint density at radius 1 is 1.29 bits per heavy atom. The Bertz CT molecular complexity index is 188. The van der Waals surface area contributed by atoms with Gasteiger partial charge < -0.3 is 13.1 Å².